The Kier molecular flexibility index (Phi) is 5.50. The average Bonchev–Trinajstić information content (AvgIpc) is 3.16. The third-order valence-electron chi connectivity index (χ3n) is 5.16. The Balaban J connectivity index is 1.54. The molecule has 1 saturated heterocycles. The molecule has 1 fully saturated rings. The number of likely N-dealkylation sites (tertiary alicyclic amines) is 1. The zero-order valence-corrected chi connectivity index (χ0v) is 16.0. The number of carbonyl (C=O) groups excluding carboxylic acids is 1. The molecule has 3 heterocycles. The van der Waals surface area contributed by atoms with Gasteiger partial charge in [0, 0.05) is 30.8 Å². The number of amides is 1. The molecular weight excluding hydrogens is 423 g/mol. The molecule has 1 aliphatic rings. The number of rotatable bonds is 4. The molecule has 1 aliphatic heterocycles. The summed E-state index contributed by atoms with van der Waals surface area (Å²) < 4.78 is 69.4. The molecule has 6 nitrogen and oxygen atoms in total. The van der Waals surface area contributed by atoms with Crippen LogP contribution in [0.2, 0.25) is 0 Å². The number of piperidine rings is 1. The second-order valence-corrected chi connectivity index (χ2v) is 7.20. The maximum absolute atomic E-state index is 13.1. The highest BCUT2D eigenvalue weighted by Gasteiger charge is 2.33. The lowest BCUT2D eigenvalue weighted by Gasteiger charge is -2.32. The molecule has 1 amide bonds. The lowest BCUT2D eigenvalue weighted by Crippen LogP contribution is -2.39. The second kappa shape index (κ2) is 8.12. The van der Waals surface area contributed by atoms with E-state index in [1.165, 1.54) is 34.7 Å². The van der Waals surface area contributed by atoms with Crippen LogP contribution in [0, 0.1) is 0 Å². The number of benzene rings is 1. The van der Waals surface area contributed by atoms with E-state index in [1.54, 1.807) is 4.90 Å². The van der Waals surface area contributed by atoms with Crippen LogP contribution >= 0.6 is 0 Å². The van der Waals surface area contributed by atoms with Crippen LogP contribution in [0.4, 0.5) is 22.0 Å². The van der Waals surface area contributed by atoms with Gasteiger partial charge in [-0.1, -0.05) is 0 Å². The Morgan fingerprint density at radius 2 is 1.84 bits per heavy atom. The van der Waals surface area contributed by atoms with E-state index in [1.807, 2.05) is 0 Å². The number of nitrogens with zero attached hydrogens (tertiary/aromatic N) is 4. The number of ether oxygens (including phenoxy) is 1. The van der Waals surface area contributed by atoms with Crippen molar-refractivity contribution in [1.82, 2.24) is 19.5 Å². The molecule has 1 atom stereocenters. The number of fused-ring (bicyclic) bond motifs is 1. The van der Waals surface area contributed by atoms with Crippen molar-refractivity contribution in [2.24, 2.45) is 0 Å². The Bertz CT molecular complexity index is 1080. The van der Waals surface area contributed by atoms with E-state index in [4.69, 9.17) is 0 Å². The number of hydrogen-bond acceptors (Lipinski definition) is 4. The maximum atomic E-state index is 13.1. The Labute approximate surface area is 173 Å². The normalized spacial score (nSPS) is 17.4. The SMILES string of the molecule is O=C(c1ccc(OC(F)F)cc1)N1CCCC(c2nnc3ccc(C(F)(F)F)cn23)C1. The topological polar surface area (TPSA) is 59.7 Å². The van der Waals surface area contributed by atoms with Crippen molar-refractivity contribution in [3.05, 3.63) is 59.5 Å². The van der Waals surface area contributed by atoms with Crippen LogP contribution in [-0.2, 0) is 6.18 Å². The molecule has 0 radical (unpaired) electrons. The molecule has 0 spiro atoms. The summed E-state index contributed by atoms with van der Waals surface area (Å²) in [6, 6.07) is 7.56. The molecule has 11 heteroatoms. The van der Waals surface area contributed by atoms with Gasteiger partial charge >= 0.3 is 12.8 Å². The standard InChI is InChI=1S/C20H17F5N4O2/c21-19(22)31-15-6-3-12(4-7-15)18(30)28-9-1-2-13(10-28)17-27-26-16-8-5-14(11-29(16)17)20(23,24)25/h3-8,11,13,19H,1-2,9-10H2. The molecule has 164 valence electrons. The number of hydrogen-bond donors (Lipinski definition) is 0. The van der Waals surface area contributed by atoms with Crippen LogP contribution in [-0.4, -0.2) is 45.1 Å². The summed E-state index contributed by atoms with van der Waals surface area (Å²) in [5.74, 6) is -0.298. The quantitative estimate of drug-likeness (QED) is 0.566. The highest BCUT2D eigenvalue weighted by atomic mass is 19.4. The first-order valence-corrected chi connectivity index (χ1v) is 9.48. The predicted molar refractivity (Wildman–Crippen MR) is 98.9 cm³/mol. The van der Waals surface area contributed by atoms with Gasteiger partial charge in [-0.3, -0.25) is 9.20 Å². The summed E-state index contributed by atoms with van der Waals surface area (Å²) >= 11 is 0. The molecule has 0 N–H and O–H groups in total. The second-order valence-electron chi connectivity index (χ2n) is 7.20. The monoisotopic (exact) mass is 440 g/mol. The minimum atomic E-state index is -4.50. The molecular formula is C20H17F5N4O2. The van der Waals surface area contributed by atoms with Crippen LogP contribution in [0.3, 0.4) is 0 Å². The maximum Gasteiger partial charge on any atom is 0.417 e. The minimum Gasteiger partial charge on any atom is -0.435 e. The van der Waals surface area contributed by atoms with Crippen LogP contribution in [0.5, 0.6) is 5.75 Å². The van der Waals surface area contributed by atoms with Gasteiger partial charge < -0.3 is 9.64 Å². The van der Waals surface area contributed by atoms with Crippen molar-refractivity contribution >= 4 is 11.6 Å². The van der Waals surface area contributed by atoms with Gasteiger partial charge in [0.1, 0.15) is 11.6 Å². The van der Waals surface area contributed by atoms with Gasteiger partial charge in [0.15, 0.2) is 5.65 Å². The van der Waals surface area contributed by atoms with Crippen molar-refractivity contribution < 1.29 is 31.5 Å². The summed E-state index contributed by atoms with van der Waals surface area (Å²) in [6.45, 7) is -2.24. The lowest BCUT2D eigenvalue weighted by atomic mass is 9.96. The zero-order chi connectivity index (χ0) is 22.2. The van der Waals surface area contributed by atoms with Crippen molar-refractivity contribution in [3.63, 3.8) is 0 Å². The zero-order valence-electron chi connectivity index (χ0n) is 16.0. The van der Waals surface area contributed by atoms with E-state index in [2.05, 4.69) is 14.9 Å². The first-order valence-electron chi connectivity index (χ1n) is 9.48. The number of halogens is 5. The third kappa shape index (κ3) is 4.44. The van der Waals surface area contributed by atoms with Gasteiger partial charge in [-0.15, -0.1) is 10.2 Å². The molecule has 1 aromatic carbocycles. The predicted octanol–water partition coefficient (Wildman–Crippen LogP) is 4.37. The van der Waals surface area contributed by atoms with E-state index in [0.717, 1.165) is 12.3 Å². The average molecular weight is 440 g/mol. The summed E-state index contributed by atoms with van der Waals surface area (Å²) in [5.41, 5.74) is -0.218. The van der Waals surface area contributed by atoms with Gasteiger partial charge in [-0.05, 0) is 49.2 Å². The first-order chi connectivity index (χ1) is 14.7. The number of pyridine rings is 1. The molecule has 1 unspecified atom stereocenters. The number of carbonyl (C=O) groups is 1. The number of alkyl halides is 5. The van der Waals surface area contributed by atoms with Gasteiger partial charge in [-0.25, -0.2) is 0 Å². The molecule has 0 saturated carbocycles. The Morgan fingerprint density at radius 1 is 1.10 bits per heavy atom. The van der Waals surface area contributed by atoms with E-state index >= 15 is 0 Å². The van der Waals surface area contributed by atoms with Gasteiger partial charge in [-0.2, -0.15) is 22.0 Å². The lowest BCUT2D eigenvalue weighted by molar-refractivity contribution is -0.137. The Morgan fingerprint density at radius 3 is 2.52 bits per heavy atom. The molecule has 0 aliphatic carbocycles. The van der Waals surface area contributed by atoms with Crippen LogP contribution < -0.4 is 4.74 Å². The van der Waals surface area contributed by atoms with E-state index in [9.17, 15) is 26.7 Å². The smallest absolute Gasteiger partial charge is 0.417 e. The van der Waals surface area contributed by atoms with Crippen molar-refractivity contribution in [2.75, 3.05) is 13.1 Å². The summed E-state index contributed by atoms with van der Waals surface area (Å²) in [5, 5.41) is 8.01. The van der Waals surface area contributed by atoms with E-state index in [-0.39, 0.29) is 24.1 Å². The van der Waals surface area contributed by atoms with Gasteiger partial charge in [0.2, 0.25) is 0 Å². The largest absolute Gasteiger partial charge is 0.435 e. The van der Waals surface area contributed by atoms with Crippen molar-refractivity contribution in [3.8, 4) is 5.75 Å². The van der Waals surface area contributed by atoms with Gasteiger partial charge in [0.25, 0.3) is 5.91 Å². The summed E-state index contributed by atoms with van der Waals surface area (Å²) in [6.07, 6.45) is -2.25. The molecule has 31 heavy (non-hydrogen) atoms. The highest BCUT2D eigenvalue weighted by molar-refractivity contribution is 5.94. The first kappa shape index (κ1) is 21.0. The van der Waals surface area contributed by atoms with Gasteiger partial charge in [0.05, 0.1) is 5.56 Å². The van der Waals surface area contributed by atoms with Crippen molar-refractivity contribution in [2.45, 2.75) is 31.5 Å². The minimum absolute atomic E-state index is 0.0570. The third-order valence-corrected chi connectivity index (χ3v) is 5.16. The molecule has 0 bridgehead atoms. The van der Waals surface area contributed by atoms with Crippen LogP contribution in [0.1, 0.15) is 40.5 Å². The van der Waals surface area contributed by atoms with Crippen LogP contribution in [0.15, 0.2) is 42.6 Å². The fraction of sp³-hybridized carbons (Fsp3) is 0.350. The molecule has 2 aromatic heterocycles. The van der Waals surface area contributed by atoms with Crippen molar-refractivity contribution in [1.29, 1.82) is 0 Å². The molecule has 4 rings (SSSR count). The molecule has 3 aromatic rings. The fourth-order valence-electron chi connectivity index (χ4n) is 3.69. The summed E-state index contributed by atoms with van der Waals surface area (Å²) in [7, 11) is 0. The Hall–Kier alpha value is -3.24. The summed E-state index contributed by atoms with van der Waals surface area (Å²) in [4.78, 5) is 14.4. The van der Waals surface area contributed by atoms with E-state index < -0.39 is 18.4 Å². The van der Waals surface area contributed by atoms with Crippen LogP contribution in [0.25, 0.3) is 5.65 Å². The van der Waals surface area contributed by atoms with E-state index in [0.29, 0.717) is 36.4 Å². The number of aromatic nitrogens is 3. The highest BCUT2D eigenvalue weighted by Crippen LogP contribution is 2.31. The fourth-order valence-corrected chi connectivity index (χ4v) is 3.69.